The predicted octanol–water partition coefficient (Wildman–Crippen LogP) is 3.45. The van der Waals surface area contributed by atoms with Crippen LogP contribution in [-0.2, 0) is 11.2 Å². The number of rotatable bonds is 1. The van der Waals surface area contributed by atoms with Gasteiger partial charge in [0.2, 0.25) is 0 Å². The van der Waals surface area contributed by atoms with E-state index >= 15 is 0 Å². The second-order valence-corrected chi connectivity index (χ2v) is 4.67. The summed E-state index contributed by atoms with van der Waals surface area (Å²) < 4.78 is 5.51. The zero-order valence-electron chi connectivity index (χ0n) is 10.2. The Bertz CT molecular complexity index is 602. The van der Waals surface area contributed by atoms with E-state index in [0.29, 0.717) is 5.56 Å². The summed E-state index contributed by atoms with van der Waals surface area (Å²) in [4.78, 5) is 11.9. The van der Waals surface area contributed by atoms with Gasteiger partial charge in [-0.3, -0.25) is 0 Å². The van der Waals surface area contributed by atoms with Crippen LogP contribution in [-0.4, -0.2) is 5.97 Å². The predicted molar refractivity (Wildman–Crippen MR) is 69.5 cm³/mol. The van der Waals surface area contributed by atoms with Crippen molar-refractivity contribution in [1.29, 1.82) is 0 Å². The van der Waals surface area contributed by atoms with Crippen LogP contribution >= 0.6 is 0 Å². The minimum atomic E-state index is -0.219. The van der Waals surface area contributed by atoms with E-state index in [9.17, 15) is 4.79 Å². The number of aryl methyl sites for hydroxylation is 1. The molecular formula is C16H14O2. The van der Waals surface area contributed by atoms with Crippen LogP contribution in [0.25, 0.3) is 0 Å². The maximum Gasteiger partial charge on any atom is 0.339 e. The first kappa shape index (κ1) is 11.0. The lowest BCUT2D eigenvalue weighted by molar-refractivity contribution is 0.0252. The summed E-state index contributed by atoms with van der Waals surface area (Å²) in [7, 11) is 0. The topological polar surface area (TPSA) is 26.3 Å². The Kier molecular flexibility index (Phi) is 2.63. The van der Waals surface area contributed by atoms with Crippen molar-refractivity contribution in [3.63, 3.8) is 0 Å². The Morgan fingerprint density at radius 3 is 2.78 bits per heavy atom. The van der Waals surface area contributed by atoms with Crippen LogP contribution in [0.1, 0.15) is 33.2 Å². The number of hydrogen-bond donors (Lipinski definition) is 0. The maximum atomic E-state index is 11.9. The molecule has 0 radical (unpaired) electrons. The van der Waals surface area contributed by atoms with Crippen LogP contribution in [0.15, 0.2) is 48.5 Å². The van der Waals surface area contributed by atoms with Gasteiger partial charge in [-0.05, 0) is 24.1 Å². The van der Waals surface area contributed by atoms with Gasteiger partial charge in [0.05, 0.1) is 5.56 Å². The lowest BCUT2D eigenvalue weighted by atomic mass is 9.94. The smallest absolute Gasteiger partial charge is 0.339 e. The summed E-state index contributed by atoms with van der Waals surface area (Å²) in [5.74, 6) is -0.219. The molecular weight excluding hydrogens is 224 g/mol. The number of esters is 1. The van der Waals surface area contributed by atoms with E-state index < -0.39 is 0 Å². The molecule has 2 aromatic rings. The molecule has 0 saturated heterocycles. The van der Waals surface area contributed by atoms with Gasteiger partial charge in [-0.2, -0.15) is 0 Å². The van der Waals surface area contributed by atoms with E-state index in [1.165, 1.54) is 5.56 Å². The molecule has 0 saturated carbocycles. The monoisotopic (exact) mass is 238 g/mol. The fourth-order valence-electron chi connectivity index (χ4n) is 2.39. The Hall–Kier alpha value is -2.09. The maximum absolute atomic E-state index is 11.9. The SMILES string of the molecule is Cc1cccc([C@@H]2Cc3ccccc3C(=O)O2)c1. The van der Waals surface area contributed by atoms with Crippen LogP contribution < -0.4 is 0 Å². The molecule has 0 amide bonds. The number of hydrogen-bond acceptors (Lipinski definition) is 2. The molecule has 0 bridgehead atoms. The van der Waals surface area contributed by atoms with Gasteiger partial charge >= 0.3 is 5.97 Å². The van der Waals surface area contributed by atoms with Crippen molar-refractivity contribution in [2.75, 3.05) is 0 Å². The highest BCUT2D eigenvalue weighted by molar-refractivity contribution is 5.92. The number of carbonyl (C=O) groups excluding carboxylic acids is 1. The van der Waals surface area contributed by atoms with Crippen LogP contribution in [0.4, 0.5) is 0 Å². The normalized spacial score (nSPS) is 18.1. The lowest BCUT2D eigenvalue weighted by Crippen LogP contribution is -2.21. The van der Waals surface area contributed by atoms with E-state index in [2.05, 4.69) is 6.07 Å². The molecule has 90 valence electrons. The van der Waals surface area contributed by atoms with E-state index in [1.807, 2.05) is 49.4 Å². The number of fused-ring (bicyclic) bond motifs is 1. The summed E-state index contributed by atoms with van der Waals surface area (Å²) in [5, 5.41) is 0. The first-order valence-electron chi connectivity index (χ1n) is 6.09. The highest BCUT2D eigenvalue weighted by Crippen LogP contribution is 2.30. The molecule has 0 spiro atoms. The van der Waals surface area contributed by atoms with Gasteiger partial charge in [0.1, 0.15) is 6.10 Å². The zero-order chi connectivity index (χ0) is 12.5. The van der Waals surface area contributed by atoms with Gasteiger partial charge in [0, 0.05) is 6.42 Å². The van der Waals surface area contributed by atoms with Gasteiger partial charge in [0.15, 0.2) is 0 Å². The minimum Gasteiger partial charge on any atom is -0.454 e. The highest BCUT2D eigenvalue weighted by Gasteiger charge is 2.26. The summed E-state index contributed by atoms with van der Waals surface area (Å²) in [6.45, 7) is 2.04. The molecule has 0 aromatic heterocycles. The van der Waals surface area contributed by atoms with Crippen LogP contribution in [0.2, 0.25) is 0 Å². The molecule has 0 fully saturated rings. The summed E-state index contributed by atoms with van der Waals surface area (Å²) in [6.07, 6.45) is 0.595. The molecule has 1 aliphatic rings. The molecule has 0 N–H and O–H groups in total. The average Bonchev–Trinajstić information content (AvgIpc) is 2.39. The third kappa shape index (κ3) is 1.90. The van der Waals surface area contributed by atoms with Gasteiger partial charge in [-0.1, -0.05) is 48.0 Å². The van der Waals surface area contributed by atoms with Gasteiger partial charge in [-0.15, -0.1) is 0 Å². The molecule has 0 aliphatic carbocycles. The Morgan fingerprint density at radius 1 is 1.11 bits per heavy atom. The Labute approximate surface area is 106 Å². The van der Waals surface area contributed by atoms with Crippen molar-refractivity contribution in [1.82, 2.24) is 0 Å². The van der Waals surface area contributed by atoms with Crippen molar-refractivity contribution in [3.8, 4) is 0 Å². The zero-order valence-corrected chi connectivity index (χ0v) is 10.2. The van der Waals surface area contributed by atoms with Crippen LogP contribution in [0.3, 0.4) is 0 Å². The fourth-order valence-corrected chi connectivity index (χ4v) is 2.39. The van der Waals surface area contributed by atoms with E-state index in [-0.39, 0.29) is 12.1 Å². The number of cyclic esters (lactones) is 1. The molecule has 2 nitrogen and oxygen atoms in total. The van der Waals surface area contributed by atoms with Crippen LogP contribution in [0, 0.1) is 6.92 Å². The molecule has 0 unspecified atom stereocenters. The molecule has 1 atom stereocenters. The number of benzene rings is 2. The third-order valence-corrected chi connectivity index (χ3v) is 3.31. The second-order valence-electron chi connectivity index (χ2n) is 4.67. The summed E-state index contributed by atoms with van der Waals surface area (Å²) in [5.41, 5.74) is 4.02. The third-order valence-electron chi connectivity index (χ3n) is 3.31. The molecule has 18 heavy (non-hydrogen) atoms. The Balaban J connectivity index is 1.97. The second kappa shape index (κ2) is 4.30. The molecule has 2 aromatic carbocycles. The molecule has 3 rings (SSSR count). The minimum absolute atomic E-state index is 0.160. The van der Waals surface area contributed by atoms with Crippen molar-refractivity contribution in [3.05, 3.63) is 70.8 Å². The molecule has 2 heteroatoms. The average molecular weight is 238 g/mol. The standard InChI is InChI=1S/C16H14O2/c1-11-5-4-7-13(9-11)15-10-12-6-2-3-8-14(12)16(17)18-15/h2-9,15H,10H2,1H3/t15-/m0/s1. The Morgan fingerprint density at radius 2 is 1.94 bits per heavy atom. The van der Waals surface area contributed by atoms with Crippen molar-refractivity contribution in [2.45, 2.75) is 19.4 Å². The molecule has 1 heterocycles. The largest absolute Gasteiger partial charge is 0.454 e. The first-order chi connectivity index (χ1) is 8.74. The van der Waals surface area contributed by atoms with E-state index in [4.69, 9.17) is 4.74 Å². The quantitative estimate of drug-likeness (QED) is 0.711. The van der Waals surface area contributed by atoms with E-state index in [1.54, 1.807) is 0 Å². The van der Waals surface area contributed by atoms with Gasteiger partial charge in [0.25, 0.3) is 0 Å². The summed E-state index contributed by atoms with van der Waals surface area (Å²) in [6, 6.07) is 15.8. The fraction of sp³-hybridized carbons (Fsp3) is 0.188. The van der Waals surface area contributed by atoms with Crippen LogP contribution in [0.5, 0.6) is 0 Å². The van der Waals surface area contributed by atoms with Gasteiger partial charge < -0.3 is 4.74 Å². The van der Waals surface area contributed by atoms with E-state index in [0.717, 1.165) is 17.5 Å². The number of carbonyl (C=O) groups is 1. The highest BCUT2D eigenvalue weighted by atomic mass is 16.5. The number of ether oxygens (including phenoxy) is 1. The molecule has 1 aliphatic heterocycles. The summed E-state index contributed by atoms with van der Waals surface area (Å²) >= 11 is 0. The van der Waals surface area contributed by atoms with Crippen molar-refractivity contribution in [2.24, 2.45) is 0 Å². The lowest BCUT2D eigenvalue weighted by Gasteiger charge is -2.25. The first-order valence-corrected chi connectivity index (χ1v) is 6.09. The van der Waals surface area contributed by atoms with Crippen molar-refractivity contribution < 1.29 is 9.53 Å². The van der Waals surface area contributed by atoms with Crippen molar-refractivity contribution >= 4 is 5.97 Å². The van der Waals surface area contributed by atoms with Gasteiger partial charge in [-0.25, -0.2) is 4.79 Å².